The Balaban J connectivity index is 2.83. The third kappa shape index (κ3) is 1.92. The van der Waals surface area contributed by atoms with Crippen molar-refractivity contribution in [3.05, 3.63) is 0 Å². The normalized spacial score (nSPS) is 31.3. The lowest BCUT2D eigenvalue weighted by molar-refractivity contribution is -0.141. The number of amides is 1. The van der Waals surface area contributed by atoms with Gasteiger partial charge in [0.2, 0.25) is 5.91 Å². The first-order chi connectivity index (χ1) is 6.43. The van der Waals surface area contributed by atoms with Crippen LogP contribution in [0.1, 0.15) is 20.3 Å². The van der Waals surface area contributed by atoms with Crippen molar-refractivity contribution in [2.24, 2.45) is 11.8 Å². The Bertz CT molecular complexity index is 287. The minimum absolute atomic E-state index is 0.137. The predicted molar refractivity (Wildman–Crippen MR) is 47.5 cm³/mol. The van der Waals surface area contributed by atoms with Crippen molar-refractivity contribution in [2.45, 2.75) is 26.3 Å². The Morgan fingerprint density at radius 1 is 1.50 bits per heavy atom. The highest BCUT2D eigenvalue weighted by Crippen LogP contribution is 2.27. The van der Waals surface area contributed by atoms with Gasteiger partial charge in [-0.1, -0.05) is 0 Å². The second kappa shape index (κ2) is 3.77. The highest BCUT2D eigenvalue weighted by atomic mass is 16.4. The van der Waals surface area contributed by atoms with Crippen LogP contribution in [-0.4, -0.2) is 28.8 Å². The fourth-order valence-corrected chi connectivity index (χ4v) is 1.98. The van der Waals surface area contributed by atoms with Crippen LogP contribution >= 0.6 is 0 Å². The zero-order valence-corrected chi connectivity index (χ0v) is 8.11. The van der Waals surface area contributed by atoms with E-state index < -0.39 is 17.8 Å². The number of ketones is 1. The molecule has 0 aromatic rings. The minimum atomic E-state index is -1.05. The van der Waals surface area contributed by atoms with E-state index in [1.807, 2.05) is 0 Å². The highest BCUT2D eigenvalue weighted by molar-refractivity contribution is 5.93. The van der Waals surface area contributed by atoms with E-state index in [0.717, 1.165) is 0 Å². The molecule has 5 heteroatoms. The van der Waals surface area contributed by atoms with Crippen molar-refractivity contribution in [1.82, 2.24) is 5.32 Å². The zero-order chi connectivity index (χ0) is 10.9. The van der Waals surface area contributed by atoms with Gasteiger partial charge in [-0.3, -0.25) is 14.4 Å². The summed E-state index contributed by atoms with van der Waals surface area (Å²) >= 11 is 0. The van der Waals surface area contributed by atoms with Gasteiger partial charge in [-0.2, -0.15) is 0 Å². The molecule has 1 rings (SSSR count). The highest BCUT2D eigenvalue weighted by Gasteiger charge is 2.43. The van der Waals surface area contributed by atoms with Crippen LogP contribution in [0.2, 0.25) is 0 Å². The lowest BCUT2D eigenvalue weighted by atomic mass is 9.85. The van der Waals surface area contributed by atoms with Crippen LogP contribution < -0.4 is 5.32 Å². The van der Waals surface area contributed by atoms with Gasteiger partial charge in [0, 0.05) is 12.0 Å². The topological polar surface area (TPSA) is 83.5 Å². The van der Waals surface area contributed by atoms with Crippen LogP contribution in [-0.2, 0) is 14.4 Å². The van der Waals surface area contributed by atoms with E-state index in [2.05, 4.69) is 5.32 Å². The molecule has 1 aliphatic rings. The molecule has 0 spiro atoms. The third-order valence-corrected chi connectivity index (χ3v) is 2.54. The van der Waals surface area contributed by atoms with Crippen molar-refractivity contribution >= 4 is 17.7 Å². The number of rotatable bonds is 3. The van der Waals surface area contributed by atoms with E-state index in [4.69, 9.17) is 5.11 Å². The molecule has 1 fully saturated rings. The summed E-state index contributed by atoms with van der Waals surface area (Å²) in [6.07, 6.45) is -0.277. The number of carbonyl (C=O) groups excluding carboxylic acids is 2. The average molecular weight is 199 g/mol. The number of carbonyl (C=O) groups is 3. The monoisotopic (exact) mass is 199 g/mol. The maximum Gasteiger partial charge on any atom is 0.304 e. The molecular weight excluding hydrogens is 186 g/mol. The fourth-order valence-electron chi connectivity index (χ4n) is 1.98. The first kappa shape index (κ1) is 10.7. The van der Waals surface area contributed by atoms with Gasteiger partial charge in [-0.25, -0.2) is 0 Å². The van der Waals surface area contributed by atoms with Gasteiger partial charge in [0.1, 0.15) is 5.78 Å². The van der Waals surface area contributed by atoms with Crippen LogP contribution in [0.5, 0.6) is 0 Å². The summed E-state index contributed by atoms with van der Waals surface area (Å²) in [5, 5.41) is 11.2. The second-order valence-electron chi connectivity index (χ2n) is 3.64. The van der Waals surface area contributed by atoms with Crippen LogP contribution in [0.15, 0.2) is 0 Å². The summed E-state index contributed by atoms with van der Waals surface area (Å²) in [6.45, 7) is 3.10. The van der Waals surface area contributed by atoms with Crippen LogP contribution in [0, 0.1) is 11.8 Å². The molecule has 5 nitrogen and oxygen atoms in total. The van der Waals surface area contributed by atoms with Crippen molar-refractivity contribution < 1.29 is 19.5 Å². The molecule has 2 N–H and O–H groups in total. The van der Waals surface area contributed by atoms with E-state index in [1.54, 1.807) is 6.92 Å². The van der Waals surface area contributed by atoms with Gasteiger partial charge >= 0.3 is 5.97 Å². The lowest BCUT2D eigenvalue weighted by Crippen LogP contribution is -2.29. The summed E-state index contributed by atoms with van der Waals surface area (Å²) in [4.78, 5) is 33.0. The predicted octanol–water partition coefficient (Wildman–Crippen LogP) is -0.199. The van der Waals surface area contributed by atoms with E-state index in [1.165, 1.54) is 6.92 Å². The number of Topliss-reactive ketones (excluding diaryl/α,β-unsaturated/α-hetero) is 1. The van der Waals surface area contributed by atoms with E-state index in [-0.39, 0.29) is 24.2 Å². The van der Waals surface area contributed by atoms with Gasteiger partial charge in [-0.15, -0.1) is 0 Å². The summed E-state index contributed by atoms with van der Waals surface area (Å²) in [6, 6.07) is -0.260. The first-order valence-electron chi connectivity index (χ1n) is 4.46. The van der Waals surface area contributed by atoms with Crippen LogP contribution in [0.3, 0.4) is 0 Å². The molecule has 78 valence electrons. The van der Waals surface area contributed by atoms with E-state index in [9.17, 15) is 14.4 Å². The number of nitrogens with one attached hydrogen (secondary N) is 1. The quantitative estimate of drug-likeness (QED) is 0.659. The maximum atomic E-state index is 11.3. The lowest BCUT2D eigenvalue weighted by Gasteiger charge is -2.14. The van der Waals surface area contributed by atoms with Crippen LogP contribution in [0.25, 0.3) is 0 Å². The Morgan fingerprint density at radius 2 is 2.07 bits per heavy atom. The Hall–Kier alpha value is -1.39. The molecule has 0 aromatic carbocycles. The third-order valence-electron chi connectivity index (χ3n) is 2.54. The smallest absolute Gasteiger partial charge is 0.304 e. The van der Waals surface area contributed by atoms with E-state index >= 15 is 0 Å². The molecule has 0 saturated carbocycles. The van der Waals surface area contributed by atoms with Gasteiger partial charge in [0.25, 0.3) is 0 Å². The number of carboxylic acids is 1. The van der Waals surface area contributed by atoms with Crippen molar-refractivity contribution in [3.63, 3.8) is 0 Å². The van der Waals surface area contributed by atoms with Crippen molar-refractivity contribution in [2.75, 3.05) is 0 Å². The molecule has 0 unspecified atom stereocenters. The summed E-state index contributed by atoms with van der Waals surface area (Å²) in [5.41, 5.74) is 0. The molecule has 1 heterocycles. The van der Waals surface area contributed by atoms with Gasteiger partial charge in [0.05, 0.1) is 12.3 Å². The van der Waals surface area contributed by atoms with Crippen molar-refractivity contribution in [1.29, 1.82) is 0 Å². The molecular formula is C9H13NO4. The molecule has 0 aliphatic carbocycles. The Labute approximate surface area is 81.5 Å². The number of aliphatic carboxylic acids is 1. The fraction of sp³-hybridized carbons (Fsp3) is 0.667. The SMILES string of the molecule is CC(=O)[C@@H]1[C@H](CC(=O)O)C(=O)N[C@@H]1C. The molecule has 1 saturated heterocycles. The zero-order valence-electron chi connectivity index (χ0n) is 8.11. The summed E-state index contributed by atoms with van der Waals surface area (Å²) in [7, 11) is 0. The van der Waals surface area contributed by atoms with Crippen molar-refractivity contribution in [3.8, 4) is 0 Å². The molecule has 0 aromatic heterocycles. The molecule has 0 bridgehead atoms. The number of hydrogen-bond acceptors (Lipinski definition) is 3. The largest absolute Gasteiger partial charge is 0.481 e. The molecule has 0 radical (unpaired) electrons. The standard InChI is InChI=1S/C9H13NO4/c1-4-8(5(2)11)6(3-7(12)13)9(14)10-4/h4,6,8H,3H2,1-2H3,(H,10,14)(H,12,13)/t4-,6+,8-/m1/s1. The maximum absolute atomic E-state index is 11.3. The second-order valence-corrected chi connectivity index (χ2v) is 3.64. The average Bonchev–Trinajstić information content (AvgIpc) is 2.25. The summed E-state index contributed by atoms with van der Waals surface area (Å²) < 4.78 is 0. The van der Waals surface area contributed by atoms with Crippen LogP contribution in [0.4, 0.5) is 0 Å². The molecule has 3 atom stereocenters. The Kier molecular flexibility index (Phi) is 2.88. The number of hydrogen-bond donors (Lipinski definition) is 2. The van der Waals surface area contributed by atoms with Gasteiger partial charge in [-0.05, 0) is 13.8 Å². The van der Waals surface area contributed by atoms with E-state index in [0.29, 0.717) is 0 Å². The van der Waals surface area contributed by atoms with Gasteiger partial charge in [0.15, 0.2) is 0 Å². The van der Waals surface area contributed by atoms with Gasteiger partial charge < -0.3 is 10.4 Å². The summed E-state index contributed by atoms with van der Waals surface area (Å²) in [5.74, 6) is -2.73. The molecule has 14 heavy (non-hydrogen) atoms. The molecule has 1 aliphatic heterocycles. The minimum Gasteiger partial charge on any atom is -0.481 e. The first-order valence-corrected chi connectivity index (χ1v) is 4.46. The molecule has 1 amide bonds. The Morgan fingerprint density at radius 3 is 2.50 bits per heavy atom. The number of carboxylic acid groups (broad SMARTS) is 1.